The molecule has 0 unspecified atom stereocenters. The van der Waals surface area contributed by atoms with Crippen molar-refractivity contribution in [3.63, 3.8) is 0 Å². The topological polar surface area (TPSA) is 3.24 Å². The maximum absolute atomic E-state index is 12.1. The van der Waals surface area contributed by atoms with Gasteiger partial charge in [0.25, 0.3) is 0 Å². The van der Waals surface area contributed by atoms with Crippen molar-refractivity contribution in [2.24, 2.45) is 0 Å². The summed E-state index contributed by atoms with van der Waals surface area (Å²) in [6.07, 6.45) is 3.18. The van der Waals surface area contributed by atoms with E-state index in [1.165, 1.54) is 0 Å². The van der Waals surface area contributed by atoms with Gasteiger partial charge in [-0.15, -0.1) is 12.1 Å². The van der Waals surface area contributed by atoms with Crippen LogP contribution in [0.1, 0.15) is 19.3 Å². The summed E-state index contributed by atoms with van der Waals surface area (Å²) in [5.74, 6) is 0. The first-order valence-corrected chi connectivity index (χ1v) is 4.49. The first-order chi connectivity index (χ1) is 5.91. The molecule has 0 N–H and O–H groups in total. The van der Waals surface area contributed by atoms with Crippen LogP contribution in [0.15, 0.2) is 12.1 Å². The Morgan fingerprint density at radius 3 is 2.31 bits per heavy atom. The Morgan fingerprint density at radius 1 is 1.46 bits per heavy atom. The van der Waals surface area contributed by atoms with E-state index in [2.05, 4.69) is 6.58 Å². The third-order valence-corrected chi connectivity index (χ3v) is 2.61. The van der Waals surface area contributed by atoms with Crippen LogP contribution in [-0.2, 0) is 0 Å². The molecule has 1 aliphatic rings. The molecule has 13 heavy (non-hydrogen) atoms. The zero-order valence-corrected chi connectivity index (χ0v) is 7.77. The Hall–Kier alpha value is -0.445. The molecule has 1 aliphatic carbocycles. The zero-order valence-electron chi connectivity index (χ0n) is 7.77. The standard InChI is InChI=1S/C8H14BF3N/c1-7(9(10,11)12)6-13(2)8-4-3-5-8/h8H,1,3-6H2,2H3/q-1. The van der Waals surface area contributed by atoms with E-state index in [4.69, 9.17) is 0 Å². The highest BCUT2D eigenvalue weighted by molar-refractivity contribution is 6.66. The predicted octanol–water partition coefficient (Wildman–Crippen LogP) is 2.41. The lowest BCUT2D eigenvalue weighted by Crippen LogP contribution is -2.40. The van der Waals surface area contributed by atoms with Crippen LogP contribution in [0.25, 0.3) is 0 Å². The number of nitrogens with zero attached hydrogens (tertiary/aromatic N) is 1. The van der Waals surface area contributed by atoms with Crippen LogP contribution < -0.4 is 0 Å². The lowest BCUT2D eigenvalue weighted by atomic mass is 9.79. The van der Waals surface area contributed by atoms with Gasteiger partial charge >= 0.3 is 6.98 Å². The molecule has 0 aromatic carbocycles. The van der Waals surface area contributed by atoms with Gasteiger partial charge in [0.2, 0.25) is 0 Å². The minimum atomic E-state index is -4.85. The SMILES string of the molecule is C=C(CN(C)C1CCC1)[B-](F)(F)F. The van der Waals surface area contributed by atoms with Gasteiger partial charge in [0.1, 0.15) is 0 Å². The molecule has 1 saturated carbocycles. The summed E-state index contributed by atoms with van der Waals surface area (Å²) in [6.45, 7) is -1.81. The second kappa shape index (κ2) is 3.74. The molecular weight excluding hydrogens is 178 g/mol. The van der Waals surface area contributed by atoms with Crippen molar-refractivity contribution in [2.75, 3.05) is 13.6 Å². The third kappa shape index (κ3) is 2.76. The van der Waals surface area contributed by atoms with Crippen LogP contribution in [0.4, 0.5) is 12.9 Å². The highest BCUT2D eigenvalue weighted by Gasteiger charge is 2.29. The minimum Gasteiger partial charge on any atom is -0.445 e. The van der Waals surface area contributed by atoms with Crippen molar-refractivity contribution in [3.05, 3.63) is 12.1 Å². The number of halogens is 3. The molecule has 5 heteroatoms. The quantitative estimate of drug-likeness (QED) is 0.618. The average Bonchev–Trinajstić information content (AvgIpc) is 1.79. The van der Waals surface area contributed by atoms with Crippen LogP contribution >= 0.6 is 0 Å². The lowest BCUT2D eigenvalue weighted by molar-refractivity contribution is 0.172. The molecule has 0 radical (unpaired) electrons. The monoisotopic (exact) mass is 192 g/mol. The molecule has 0 amide bonds. The van der Waals surface area contributed by atoms with E-state index in [1.54, 1.807) is 11.9 Å². The first-order valence-electron chi connectivity index (χ1n) is 4.49. The van der Waals surface area contributed by atoms with Crippen molar-refractivity contribution in [1.82, 2.24) is 4.90 Å². The summed E-state index contributed by atoms with van der Waals surface area (Å²) >= 11 is 0. The zero-order chi connectivity index (χ0) is 10.1. The van der Waals surface area contributed by atoms with Gasteiger partial charge in [0.15, 0.2) is 0 Å². The molecule has 0 atom stereocenters. The van der Waals surface area contributed by atoms with Crippen LogP contribution in [0.5, 0.6) is 0 Å². The Bertz CT molecular complexity index is 198. The van der Waals surface area contributed by atoms with Gasteiger partial charge in [0, 0.05) is 6.04 Å². The van der Waals surface area contributed by atoms with Gasteiger partial charge in [-0.25, -0.2) is 0 Å². The molecule has 0 aromatic heterocycles. The lowest BCUT2D eigenvalue weighted by Gasteiger charge is -2.36. The summed E-state index contributed by atoms with van der Waals surface area (Å²) < 4.78 is 36.4. The largest absolute Gasteiger partial charge is 0.506 e. The van der Waals surface area contributed by atoms with Crippen molar-refractivity contribution in [2.45, 2.75) is 25.3 Å². The number of likely N-dealkylation sites (N-methyl/N-ethyl adjacent to an activating group) is 1. The summed E-state index contributed by atoms with van der Waals surface area (Å²) in [6, 6.07) is 0.342. The first kappa shape index (κ1) is 10.6. The molecule has 0 aliphatic heterocycles. The molecule has 1 fully saturated rings. The summed E-state index contributed by atoms with van der Waals surface area (Å²) in [4.78, 5) is 1.75. The van der Waals surface area contributed by atoms with Crippen molar-refractivity contribution >= 4 is 6.98 Å². The number of hydrogen-bond acceptors (Lipinski definition) is 1. The van der Waals surface area contributed by atoms with E-state index < -0.39 is 12.4 Å². The van der Waals surface area contributed by atoms with Crippen molar-refractivity contribution in [3.8, 4) is 0 Å². The van der Waals surface area contributed by atoms with E-state index in [0.717, 1.165) is 19.3 Å². The van der Waals surface area contributed by atoms with Crippen molar-refractivity contribution < 1.29 is 12.9 Å². The normalized spacial score (nSPS) is 18.8. The van der Waals surface area contributed by atoms with Crippen molar-refractivity contribution in [1.29, 1.82) is 0 Å². The molecule has 0 bridgehead atoms. The average molecular weight is 192 g/mol. The van der Waals surface area contributed by atoms with E-state index in [0.29, 0.717) is 6.04 Å². The minimum absolute atomic E-state index is 0.0336. The fourth-order valence-corrected chi connectivity index (χ4v) is 1.38. The second-order valence-electron chi connectivity index (χ2n) is 3.73. The highest BCUT2D eigenvalue weighted by atomic mass is 19.4. The Kier molecular flexibility index (Phi) is 3.06. The van der Waals surface area contributed by atoms with Gasteiger partial charge in [-0.2, -0.15) is 0 Å². The smallest absolute Gasteiger partial charge is 0.445 e. The van der Waals surface area contributed by atoms with E-state index in [1.807, 2.05) is 0 Å². The summed E-state index contributed by atoms with van der Waals surface area (Å²) in [7, 11) is 1.73. The van der Waals surface area contributed by atoms with Gasteiger partial charge in [0.05, 0.1) is 0 Å². The van der Waals surface area contributed by atoms with Gasteiger partial charge in [-0.05, 0) is 26.4 Å². The van der Waals surface area contributed by atoms with E-state index in [-0.39, 0.29) is 6.54 Å². The Morgan fingerprint density at radius 2 is 2.00 bits per heavy atom. The van der Waals surface area contributed by atoms with Gasteiger partial charge < -0.3 is 17.8 Å². The fourth-order valence-electron chi connectivity index (χ4n) is 1.38. The van der Waals surface area contributed by atoms with Gasteiger partial charge in [-0.3, -0.25) is 0 Å². The molecule has 0 heterocycles. The third-order valence-electron chi connectivity index (χ3n) is 2.61. The van der Waals surface area contributed by atoms with Crippen LogP contribution in [0.3, 0.4) is 0 Å². The molecule has 0 aromatic rings. The maximum atomic E-state index is 12.1. The molecule has 0 saturated heterocycles. The number of rotatable bonds is 4. The maximum Gasteiger partial charge on any atom is 0.506 e. The Labute approximate surface area is 76.7 Å². The highest BCUT2D eigenvalue weighted by Crippen LogP contribution is 2.26. The fraction of sp³-hybridized carbons (Fsp3) is 0.750. The van der Waals surface area contributed by atoms with E-state index in [9.17, 15) is 12.9 Å². The van der Waals surface area contributed by atoms with E-state index >= 15 is 0 Å². The Balaban J connectivity index is 2.35. The second-order valence-corrected chi connectivity index (χ2v) is 3.73. The molecular formula is C8H14BF3N-. The van der Waals surface area contributed by atoms with Crippen LogP contribution in [0.2, 0.25) is 0 Å². The summed E-state index contributed by atoms with van der Waals surface area (Å²) in [5.41, 5.74) is -0.589. The van der Waals surface area contributed by atoms with Gasteiger partial charge in [-0.1, -0.05) is 6.42 Å². The number of hydrogen-bond donors (Lipinski definition) is 0. The summed E-state index contributed by atoms with van der Waals surface area (Å²) in [5, 5.41) is 0. The predicted molar refractivity (Wildman–Crippen MR) is 48.5 cm³/mol. The molecule has 0 spiro atoms. The van der Waals surface area contributed by atoms with Crippen LogP contribution in [-0.4, -0.2) is 31.5 Å². The van der Waals surface area contributed by atoms with Crippen LogP contribution in [0, 0.1) is 0 Å². The molecule has 1 nitrogen and oxygen atoms in total. The molecule has 76 valence electrons. The molecule has 1 rings (SSSR count).